The first-order chi connectivity index (χ1) is 12.0. The Balaban J connectivity index is 1.93. The fourth-order valence-electron chi connectivity index (χ4n) is 2.68. The molecule has 3 rings (SSSR count). The van der Waals surface area contributed by atoms with Gasteiger partial charge in [-0.05, 0) is 44.5 Å². The molecule has 126 valence electrons. The minimum absolute atomic E-state index is 0.0338. The lowest BCUT2D eigenvalue weighted by molar-refractivity contribution is 0.402. The zero-order valence-electron chi connectivity index (χ0n) is 14.4. The molecule has 3 aromatic rings. The third kappa shape index (κ3) is 3.54. The van der Waals surface area contributed by atoms with E-state index in [0.29, 0.717) is 5.82 Å². The number of imidazole rings is 1. The van der Waals surface area contributed by atoms with Crippen LogP contribution in [0.4, 0.5) is 0 Å². The summed E-state index contributed by atoms with van der Waals surface area (Å²) >= 11 is 1.53. The van der Waals surface area contributed by atoms with Crippen LogP contribution in [0.15, 0.2) is 53.1 Å². The van der Waals surface area contributed by atoms with E-state index < -0.39 is 0 Å². The second-order valence-electron chi connectivity index (χ2n) is 6.00. The highest BCUT2D eigenvalue weighted by atomic mass is 32.2. The number of thioether (sulfide) groups is 1. The van der Waals surface area contributed by atoms with Gasteiger partial charge in [0.05, 0.1) is 16.3 Å². The van der Waals surface area contributed by atoms with E-state index in [0.717, 1.165) is 21.5 Å². The maximum atomic E-state index is 10.6. The fourth-order valence-corrected chi connectivity index (χ4v) is 3.69. The van der Waals surface area contributed by atoms with E-state index in [1.54, 1.807) is 0 Å². The zero-order chi connectivity index (χ0) is 18.0. The molecule has 0 aliphatic heterocycles. The van der Waals surface area contributed by atoms with Crippen LogP contribution in [0.25, 0.3) is 16.6 Å². The number of fused-ring (bicyclic) bond motifs is 1. The van der Waals surface area contributed by atoms with Gasteiger partial charge in [-0.1, -0.05) is 29.8 Å². The molecule has 1 aromatic heterocycles. The number of benzene rings is 2. The number of nitrogens with one attached hydrogen (secondary N) is 1. The van der Waals surface area contributed by atoms with Crippen molar-refractivity contribution in [2.45, 2.75) is 30.9 Å². The highest BCUT2D eigenvalue weighted by Crippen LogP contribution is 2.32. The van der Waals surface area contributed by atoms with Crippen molar-refractivity contribution in [2.75, 3.05) is 0 Å². The summed E-state index contributed by atoms with van der Waals surface area (Å²) in [6.07, 6.45) is 0. The molecule has 2 N–H and O–H groups in total. The first kappa shape index (κ1) is 17.1. The van der Waals surface area contributed by atoms with Crippen molar-refractivity contribution < 1.29 is 5.11 Å². The summed E-state index contributed by atoms with van der Waals surface area (Å²) in [4.78, 5) is 8.61. The van der Waals surface area contributed by atoms with Gasteiger partial charge >= 0.3 is 0 Å². The molecule has 0 spiro atoms. The molecule has 25 heavy (non-hydrogen) atoms. The SMILES string of the molecule is Cc1ccc(S[C@@H](C)/C(O)=C(\C#N)c2nc3ccccc3[nH]2)c(C)c1. The third-order valence-electron chi connectivity index (χ3n) is 4.01. The Labute approximate surface area is 151 Å². The predicted molar refractivity (Wildman–Crippen MR) is 102 cm³/mol. The smallest absolute Gasteiger partial charge is 0.152 e. The lowest BCUT2D eigenvalue weighted by Gasteiger charge is -2.14. The molecular weight excluding hydrogens is 330 g/mol. The van der Waals surface area contributed by atoms with Crippen molar-refractivity contribution in [3.05, 3.63) is 65.2 Å². The van der Waals surface area contributed by atoms with Gasteiger partial charge in [0.15, 0.2) is 5.82 Å². The number of hydrogen-bond donors (Lipinski definition) is 2. The van der Waals surface area contributed by atoms with Gasteiger partial charge in [-0.3, -0.25) is 0 Å². The second kappa shape index (κ2) is 7.04. The maximum absolute atomic E-state index is 10.6. The number of nitriles is 1. The Morgan fingerprint density at radius 2 is 2.00 bits per heavy atom. The molecule has 1 heterocycles. The summed E-state index contributed by atoms with van der Waals surface area (Å²) in [5.74, 6) is 0.431. The molecule has 0 saturated carbocycles. The molecule has 0 saturated heterocycles. The molecule has 0 amide bonds. The number of rotatable bonds is 4. The van der Waals surface area contributed by atoms with Crippen LogP contribution in [0.5, 0.6) is 0 Å². The molecule has 0 bridgehead atoms. The van der Waals surface area contributed by atoms with Crippen molar-refractivity contribution in [3.8, 4) is 6.07 Å². The average Bonchev–Trinajstić information content (AvgIpc) is 3.01. The minimum atomic E-state index is -0.260. The number of para-hydroxylation sites is 2. The van der Waals surface area contributed by atoms with Gasteiger partial charge in [0, 0.05) is 4.90 Å². The summed E-state index contributed by atoms with van der Waals surface area (Å²) in [6.45, 7) is 5.99. The summed E-state index contributed by atoms with van der Waals surface area (Å²) < 4.78 is 0. The van der Waals surface area contributed by atoms with Crippen molar-refractivity contribution in [2.24, 2.45) is 0 Å². The van der Waals surface area contributed by atoms with E-state index in [4.69, 9.17) is 0 Å². The van der Waals surface area contributed by atoms with Crippen LogP contribution in [0.1, 0.15) is 23.9 Å². The van der Waals surface area contributed by atoms with Crippen LogP contribution in [0, 0.1) is 25.2 Å². The largest absolute Gasteiger partial charge is 0.510 e. The number of aromatic amines is 1. The molecule has 0 aliphatic rings. The van der Waals surface area contributed by atoms with E-state index in [2.05, 4.69) is 29.0 Å². The molecule has 0 unspecified atom stereocenters. The van der Waals surface area contributed by atoms with Crippen molar-refractivity contribution in [3.63, 3.8) is 0 Å². The number of aromatic nitrogens is 2. The maximum Gasteiger partial charge on any atom is 0.152 e. The Morgan fingerprint density at radius 3 is 2.68 bits per heavy atom. The summed E-state index contributed by atoms with van der Waals surface area (Å²) in [7, 11) is 0. The number of allylic oxidation sites excluding steroid dienone is 1. The molecule has 2 aromatic carbocycles. The van der Waals surface area contributed by atoms with Crippen molar-refractivity contribution in [1.29, 1.82) is 5.26 Å². The summed E-state index contributed by atoms with van der Waals surface area (Å²) in [5, 5.41) is 19.9. The molecule has 5 heteroatoms. The third-order valence-corrected chi connectivity index (χ3v) is 5.30. The Morgan fingerprint density at radius 1 is 1.24 bits per heavy atom. The van der Waals surface area contributed by atoms with E-state index in [1.807, 2.05) is 50.2 Å². The van der Waals surface area contributed by atoms with Crippen LogP contribution in [-0.4, -0.2) is 20.3 Å². The first-order valence-corrected chi connectivity index (χ1v) is 8.90. The molecule has 0 radical (unpaired) electrons. The normalized spacial score (nSPS) is 13.4. The highest BCUT2D eigenvalue weighted by Gasteiger charge is 2.19. The molecule has 0 aliphatic carbocycles. The highest BCUT2D eigenvalue weighted by molar-refractivity contribution is 8.00. The van der Waals surface area contributed by atoms with Gasteiger partial charge in [0.2, 0.25) is 0 Å². The van der Waals surface area contributed by atoms with Crippen LogP contribution in [0.3, 0.4) is 0 Å². The Bertz CT molecular complexity index is 965. The van der Waals surface area contributed by atoms with Gasteiger partial charge < -0.3 is 10.1 Å². The molecular formula is C20H19N3OS. The molecule has 1 atom stereocenters. The van der Waals surface area contributed by atoms with E-state index in [1.165, 1.54) is 17.3 Å². The zero-order valence-corrected chi connectivity index (χ0v) is 15.2. The monoisotopic (exact) mass is 349 g/mol. The number of nitrogens with zero attached hydrogens (tertiary/aromatic N) is 2. The molecule has 0 fully saturated rings. The van der Waals surface area contributed by atoms with E-state index >= 15 is 0 Å². The van der Waals surface area contributed by atoms with Gasteiger partial charge in [-0.15, -0.1) is 11.8 Å². The average molecular weight is 349 g/mol. The van der Waals surface area contributed by atoms with E-state index in [9.17, 15) is 10.4 Å². The number of aryl methyl sites for hydroxylation is 2. The number of hydrogen-bond acceptors (Lipinski definition) is 4. The lowest BCUT2D eigenvalue weighted by atomic mass is 10.2. The van der Waals surface area contributed by atoms with Gasteiger partial charge in [0.25, 0.3) is 0 Å². The van der Waals surface area contributed by atoms with Crippen LogP contribution >= 0.6 is 11.8 Å². The predicted octanol–water partition coefficient (Wildman–Crippen LogP) is 5.15. The number of aliphatic hydroxyl groups excluding tert-OH is 1. The van der Waals surface area contributed by atoms with Gasteiger partial charge in [-0.25, -0.2) is 4.98 Å². The topological polar surface area (TPSA) is 72.7 Å². The quantitative estimate of drug-likeness (QED) is 0.388. The van der Waals surface area contributed by atoms with Gasteiger partial charge in [0.1, 0.15) is 17.4 Å². The summed E-state index contributed by atoms with van der Waals surface area (Å²) in [6, 6.07) is 15.9. The van der Waals surface area contributed by atoms with E-state index in [-0.39, 0.29) is 16.6 Å². The van der Waals surface area contributed by atoms with Gasteiger partial charge in [-0.2, -0.15) is 5.26 Å². The standard InChI is InChI=1S/C20H19N3OS/c1-12-8-9-18(13(2)10-12)25-14(3)19(24)15(11-21)20-22-16-6-4-5-7-17(16)23-20/h4-10,14,24H,1-3H3,(H,22,23)/b19-15-/t14-/m0/s1. The first-order valence-electron chi connectivity index (χ1n) is 8.02. The lowest BCUT2D eigenvalue weighted by Crippen LogP contribution is -2.05. The Kier molecular flexibility index (Phi) is 4.82. The van der Waals surface area contributed by atoms with Crippen molar-refractivity contribution >= 4 is 28.4 Å². The fraction of sp³-hybridized carbons (Fsp3) is 0.200. The second-order valence-corrected chi connectivity index (χ2v) is 7.39. The Hall–Kier alpha value is -2.71. The van der Waals surface area contributed by atoms with Crippen LogP contribution < -0.4 is 0 Å². The minimum Gasteiger partial charge on any atom is -0.510 e. The summed E-state index contributed by atoms with van der Waals surface area (Å²) in [5.41, 5.74) is 4.16. The van der Waals surface area contributed by atoms with Crippen molar-refractivity contribution in [1.82, 2.24) is 9.97 Å². The van der Waals surface area contributed by atoms with Crippen LogP contribution in [0.2, 0.25) is 0 Å². The number of H-pyrrole nitrogens is 1. The molecule has 4 nitrogen and oxygen atoms in total. The number of aliphatic hydroxyl groups is 1. The van der Waals surface area contributed by atoms with Crippen LogP contribution in [-0.2, 0) is 0 Å².